The molecule has 2 rings (SSSR count). The molecule has 0 saturated carbocycles. The molecule has 2 unspecified atom stereocenters. The fraction of sp³-hybridized carbons (Fsp3) is 0.312. The standard InChI is InChI=1S/C16H15Cl2N3O2/c1-8-12(16(22)23-3)13(10(7-19)15(20-2)21-8)9-5-4-6-11(17)14(9)18/h4-6,10,13H,1-3H3,(H,20,21). The summed E-state index contributed by atoms with van der Waals surface area (Å²) in [7, 11) is 2.88. The van der Waals surface area contributed by atoms with Crippen molar-refractivity contribution < 1.29 is 9.53 Å². The molecule has 120 valence electrons. The smallest absolute Gasteiger partial charge is 0.336 e. The summed E-state index contributed by atoms with van der Waals surface area (Å²) in [5, 5.41) is 13.3. The minimum absolute atomic E-state index is 0.311. The third kappa shape index (κ3) is 3.05. The molecule has 0 spiro atoms. The molecular weight excluding hydrogens is 337 g/mol. The van der Waals surface area contributed by atoms with Gasteiger partial charge in [-0.2, -0.15) is 5.26 Å². The van der Waals surface area contributed by atoms with Crippen LogP contribution in [0.2, 0.25) is 10.0 Å². The maximum atomic E-state index is 12.3. The number of hydrogen-bond donors (Lipinski definition) is 1. The van der Waals surface area contributed by atoms with Crippen LogP contribution in [0.25, 0.3) is 0 Å². The largest absolute Gasteiger partial charge is 0.466 e. The summed E-state index contributed by atoms with van der Waals surface area (Å²) in [5.41, 5.74) is 1.51. The summed E-state index contributed by atoms with van der Waals surface area (Å²) >= 11 is 12.4. The van der Waals surface area contributed by atoms with Crippen molar-refractivity contribution in [2.45, 2.75) is 12.8 Å². The van der Waals surface area contributed by atoms with Gasteiger partial charge in [0.05, 0.1) is 28.8 Å². The SMILES string of the molecule is CN=C1NC(C)=C(C(=O)OC)C(c2cccc(Cl)c2Cl)C1C#N. The van der Waals surface area contributed by atoms with Crippen LogP contribution in [0.1, 0.15) is 18.4 Å². The third-order valence-corrected chi connectivity index (χ3v) is 4.59. The van der Waals surface area contributed by atoms with Crippen molar-refractivity contribution in [1.29, 1.82) is 5.26 Å². The zero-order chi connectivity index (χ0) is 17.1. The van der Waals surface area contributed by atoms with Gasteiger partial charge in [0.1, 0.15) is 11.8 Å². The van der Waals surface area contributed by atoms with Gasteiger partial charge in [-0.1, -0.05) is 35.3 Å². The Hall–Kier alpha value is -2.03. The number of aliphatic imine (C=N–C) groups is 1. The number of amidine groups is 1. The molecule has 0 aromatic heterocycles. The molecule has 23 heavy (non-hydrogen) atoms. The lowest BCUT2D eigenvalue weighted by molar-refractivity contribution is -0.136. The van der Waals surface area contributed by atoms with Crippen LogP contribution < -0.4 is 5.32 Å². The number of esters is 1. The molecule has 1 aromatic carbocycles. The number of nitrogens with zero attached hydrogens (tertiary/aromatic N) is 2. The van der Waals surface area contributed by atoms with Crippen molar-refractivity contribution in [1.82, 2.24) is 5.32 Å². The average Bonchev–Trinajstić information content (AvgIpc) is 2.55. The first kappa shape index (κ1) is 17.3. The number of hydrogen-bond acceptors (Lipinski definition) is 4. The normalized spacial score (nSPS) is 22.5. The summed E-state index contributed by atoms with van der Waals surface area (Å²) in [6.45, 7) is 1.73. The van der Waals surface area contributed by atoms with E-state index in [-0.39, 0.29) is 0 Å². The molecule has 2 atom stereocenters. The zero-order valence-electron chi connectivity index (χ0n) is 12.9. The Kier molecular flexibility index (Phi) is 5.30. The second-order valence-corrected chi connectivity index (χ2v) is 5.78. The lowest BCUT2D eigenvalue weighted by Gasteiger charge is -2.32. The number of nitriles is 1. The van der Waals surface area contributed by atoms with E-state index in [0.29, 0.717) is 32.7 Å². The summed E-state index contributed by atoms with van der Waals surface area (Å²) in [5.74, 6) is -1.36. The van der Waals surface area contributed by atoms with Gasteiger partial charge >= 0.3 is 5.97 Å². The maximum Gasteiger partial charge on any atom is 0.336 e. The van der Waals surface area contributed by atoms with Crippen molar-refractivity contribution >= 4 is 35.0 Å². The minimum atomic E-state index is -0.700. The number of carbonyl (C=O) groups is 1. The number of benzene rings is 1. The maximum absolute atomic E-state index is 12.3. The van der Waals surface area contributed by atoms with Gasteiger partial charge in [-0.15, -0.1) is 0 Å². The van der Waals surface area contributed by atoms with Gasteiger partial charge in [0.15, 0.2) is 0 Å². The van der Waals surface area contributed by atoms with Crippen LogP contribution in [0.3, 0.4) is 0 Å². The van der Waals surface area contributed by atoms with Crippen molar-refractivity contribution in [2.75, 3.05) is 14.2 Å². The molecule has 1 aliphatic rings. The highest BCUT2D eigenvalue weighted by molar-refractivity contribution is 6.42. The predicted octanol–water partition coefficient (Wildman–Crippen LogP) is 3.30. The molecular formula is C16H15Cl2N3O2. The van der Waals surface area contributed by atoms with Crippen LogP contribution in [0.5, 0.6) is 0 Å². The summed E-state index contributed by atoms with van der Waals surface area (Å²) in [6.07, 6.45) is 0. The monoisotopic (exact) mass is 351 g/mol. The second kappa shape index (κ2) is 7.03. The van der Waals surface area contributed by atoms with Crippen LogP contribution >= 0.6 is 23.2 Å². The van der Waals surface area contributed by atoms with Gasteiger partial charge < -0.3 is 10.1 Å². The number of halogens is 2. The molecule has 0 radical (unpaired) electrons. The van der Waals surface area contributed by atoms with Gasteiger partial charge in [0, 0.05) is 18.7 Å². The lowest BCUT2D eigenvalue weighted by Crippen LogP contribution is -2.41. The van der Waals surface area contributed by atoms with Crippen LogP contribution in [-0.2, 0) is 9.53 Å². The van der Waals surface area contributed by atoms with Gasteiger partial charge in [-0.25, -0.2) is 4.79 Å². The highest BCUT2D eigenvalue weighted by atomic mass is 35.5. The van der Waals surface area contributed by atoms with E-state index < -0.39 is 17.8 Å². The third-order valence-electron chi connectivity index (χ3n) is 3.76. The first-order valence-electron chi connectivity index (χ1n) is 6.82. The number of rotatable bonds is 2. The Morgan fingerprint density at radius 2 is 2.13 bits per heavy atom. The summed E-state index contributed by atoms with van der Waals surface area (Å²) in [6, 6.07) is 7.32. The Morgan fingerprint density at radius 1 is 1.43 bits per heavy atom. The van der Waals surface area contributed by atoms with E-state index >= 15 is 0 Å². The molecule has 5 nitrogen and oxygen atoms in total. The van der Waals surface area contributed by atoms with E-state index in [1.165, 1.54) is 7.11 Å². The Bertz CT molecular complexity index is 750. The summed E-state index contributed by atoms with van der Waals surface area (Å²) < 4.78 is 4.88. The van der Waals surface area contributed by atoms with E-state index in [4.69, 9.17) is 27.9 Å². The number of nitrogens with one attached hydrogen (secondary N) is 1. The molecule has 1 N–H and O–H groups in total. The number of ether oxygens (including phenoxy) is 1. The van der Waals surface area contributed by atoms with Crippen LogP contribution in [0, 0.1) is 17.2 Å². The van der Waals surface area contributed by atoms with Crippen molar-refractivity contribution in [3.05, 3.63) is 45.1 Å². The van der Waals surface area contributed by atoms with E-state index in [2.05, 4.69) is 16.4 Å². The predicted molar refractivity (Wildman–Crippen MR) is 89.5 cm³/mol. The number of carbonyl (C=O) groups excluding carboxylic acids is 1. The number of methoxy groups -OCH3 is 1. The molecule has 0 bridgehead atoms. The van der Waals surface area contributed by atoms with E-state index in [1.54, 1.807) is 32.2 Å². The Labute approximate surface area is 144 Å². The van der Waals surface area contributed by atoms with Crippen LogP contribution in [0.15, 0.2) is 34.5 Å². The van der Waals surface area contributed by atoms with Gasteiger partial charge in [0.25, 0.3) is 0 Å². The minimum Gasteiger partial charge on any atom is -0.466 e. The first-order chi connectivity index (χ1) is 11.0. The van der Waals surface area contributed by atoms with Crippen molar-refractivity contribution in [3.63, 3.8) is 0 Å². The van der Waals surface area contributed by atoms with Gasteiger partial charge in [-0.3, -0.25) is 4.99 Å². The molecule has 0 saturated heterocycles. The Balaban J connectivity index is 2.75. The topological polar surface area (TPSA) is 74.5 Å². The van der Waals surface area contributed by atoms with E-state index in [9.17, 15) is 10.1 Å². The fourth-order valence-corrected chi connectivity index (χ4v) is 3.14. The Morgan fingerprint density at radius 3 is 2.70 bits per heavy atom. The average molecular weight is 352 g/mol. The molecule has 0 amide bonds. The molecule has 1 aliphatic heterocycles. The highest BCUT2D eigenvalue weighted by Gasteiger charge is 2.40. The first-order valence-corrected chi connectivity index (χ1v) is 7.58. The van der Waals surface area contributed by atoms with E-state index in [0.717, 1.165) is 0 Å². The van der Waals surface area contributed by atoms with E-state index in [1.807, 2.05) is 0 Å². The fourth-order valence-electron chi connectivity index (χ4n) is 2.71. The quantitative estimate of drug-likeness (QED) is 0.829. The summed E-state index contributed by atoms with van der Waals surface area (Å²) in [4.78, 5) is 16.4. The number of allylic oxidation sites excluding steroid dienone is 1. The molecule has 0 aliphatic carbocycles. The van der Waals surface area contributed by atoms with Crippen LogP contribution in [0.4, 0.5) is 0 Å². The van der Waals surface area contributed by atoms with Crippen molar-refractivity contribution in [2.24, 2.45) is 10.9 Å². The molecule has 0 fully saturated rings. The van der Waals surface area contributed by atoms with Crippen molar-refractivity contribution in [3.8, 4) is 6.07 Å². The molecule has 7 heteroatoms. The molecule has 1 aromatic rings. The van der Waals surface area contributed by atoms with Gasteiger partial charge in [-0.05, 0) is 18.6 Å². The molecule has 1 heterocycles. The zero-order valence-corrected chi connectivity index (χ0v) is 14.4. The van der Waals surface area contributed by atoms with Gasteiger partial charge in [0.2, 0.25) is 0 Å². The highest BCUT2D eigenvalue weighted by Crippen LogP contribution is 2.42. The van der Waals surface area contributed by atoms with Crippen LogP contribution in [-0.4, -0.2) is 26.0 Å². The lowest BCUT2D eigenvalue weighted by atomic mass is 9.77. The second-order valence-electron chi connectivity index (χ2n) is 4.99.